The molecule has 7 heteroatoms. The largest absolute Gasteiger partial charge is 0.378 e. The van der Waals surface area contributed by atoms with Crippen LogP contribution in [0.3, 0.4) is 0 Å². The molecule has 0 bridgehead atoms. The van der Waals surface area contributed by atoms with Gasteiger partial charge in [0.05, 0.1) is 25.0 Å². The minimum atomic E-state index is -0.436. The van der Waals surface area contributed by atoms with Crippen molar-refractivity contribution < 1.29 is 14.3 Å². The third-order valence-corrected chi connectivity index (χ3v) is 5.07. The van der Waals surface area contributed by atoms with Gasteiger partial charge in [-0.3, -0.25) is 9.78 Å². The summed E-state index contributed by atoms with van der Waals surface area (Å²) >= 11 is 0. The molecule has 7 nitrogen and oxygen atoms in total. The number of nitrogens with one attached hydrogen (secondary N) is 1. The molecular formula is C19H24N4O3. The van der Waals surface area contributed by atoms with E-state index in [4.69, 9.17) is 15.2 Å². The summed E-state index contributed by atoms with van der Waals surface area (Å²) < 4.78 is 11.2. The Morgan fingerprint density at radius 3 is 2.85 bits per heavy atom. The molecule has 4 rings (SSSR count). The first-order valence-electron chi connectivity index (χ1n) is 9.12. The average Bonchev–Trinajstić information content (AvgIpc) is 3.18. The van der Waals surface area contributed by atoms with E-state index < -0.39 is 6.10 Å². The number of amides is 1. The quantitative estimate of drug-likeness (QED) is 0.863. The normalized spacial score (nSPS) is 23.3. The molecule has 2 fully saturated rings. The Balaban J connectivity index is 1.59. The predicted molar refractivity (Wildman–Crippen MR) is 100 cm³/mol. The number of morpholine rings is 1. The molecule has 0 unspecified atom stereocenters. The lowest BCUT2D eigenvalue weighted by molar-refractivity contribution is -0.126. The van der Waals surface area contributed by atoms with Crippen LogP contribution >= 0.6 is 0 Å². The van der Waals surface area contributed by atoms with Gasteiger partial charge in [0, 0.05) is 48.5 Å². The summed E-state index contributed by atoms with van der Waals surface area (Å²) in [5, 5.41) is 5.02. The van der Waals surface area contributed by atoms with Gasteiger partial charge < -0.3 is 25.4 Å². The van der Waals surface area contributed by atoms with Crippen LogP contribution in [0.5, 0.6) is 0 Å². The number of fused-ring (bicyclic) bond motifs is 1. The molecule has 138 valence electrons. The molecule has 2 aliphatic heterocycles. The summed E-state index contributed by atoms with van der Waals surface area (Å²) in [4.78, 5) is 19.1. The van der Waals surface area contributed by atoms with Gasteiger partial charge in [-0.15, -0.1) is 0 Å². The maximum absolute atomic E-state index is 12.6. The number of carbonyl (C=O) groups is 1. The fraction of sp³-hybridized carbons (Fsp3) is 0.474. The number of aromatic nitrogens is 1. The third-order valence-electron chi connectivity index (χ3n) is 5.07. The number of hydrogen-bond donors (Lipinski definition) is 2. The smallest absolute Gasteiger partial charge is 0.253 e. The molecule has 0 saturated carbocycles. The number of anilines is 2. The van der Waals surface area contributed by atoms with Gasteiger partial charge in [-0.25, -0.2) is 0 Å². The first-order chi connectivity index (χ1) is 12.8. The summed E-state index contributed by atoms with van der Waals surface area (Å²) in [6, 6.07) is 6.00. The van der Waals surface area contributed by atoms with Gasteiger partial charge in [0.15, 0.2) is 0 Å². The Morgan fingerprint density at radius 1 is 1.23 bits per heavy atom. The number of carbonyl (C=O) groups excluding carboxylic acids is 1. The van der Waals surface area contributed by atoms with E-state index in [0.717, 1.165) is 54.9 Å². The van der Waals surface area contributed by atoms with E-state index in [0.29, 0.717) is 13.0 Å². The van der Waals surface area contributed by atoms with Crippen molar-refractivity contribution in [1.29, 1.82) is 0 Å². The van der Waals surface area contributed by atoms with E-state index in [1.807, 2.05) is 12.1 Å². The Hall–Kier alpha value is -2.22. The highest BCUT2D eigenvalue weighted by atomic mass is 16.5. The van der Waals surface area contributed by atoms with E-state index in [9.17, 15) is 4.79 Å². The summed E-state index contributed by atoms with van der Waals surface area (Å²) in [6.45, 7) is 3.63. The van der Waals surface area contributed by atoms with Crippen LogP contribution in [-0.4, -0.2) is 55.9 Å². The van der Waals surface area contributed by atoms with Gasteiger partial charge in [0.25, 0.3) is 5.91 Å². The topological polar surface area (TPSA) is 89.7 Å². The molecule has 2 saturated heterocycles. The molecule has 2 aliphatic rings. The molecule has 0 spiro atoms. The van der Waals surface area contributed by atoms with E-state index >= 15 is 0 Å². The number of hydrogen-bond acceptors (Lipinski definition) is 6. The van der Waals surface area contributed by atoms with Gasteiger partial charge in [0.1, 0.15) is 6.10 Å². The first-order valence-corrected chi connectivity index (χ1v) is 9.12. The molecule has 1 amide bonds. The van der Waals surface area contributed by atoms with Crippen LogP contribution in [0, 0.1) is 0 Å². The van der Waals surface area contributed by atoms with E-state index in [1.165, 1.54) is 0 Å². The molecule has 0 radical (unpaired) electrons. The zero-order chi connectivity index (χ0) is 17.9. The maximum Gasteiger partial charge on any atom is 0.253 e. The zero-order valence-electron chi connectivity index (χ0n) is 14.7. The van der Waals surface area contributed by atoms with Gasteiger partial charge in [-0.1, -0.05) is 0 Å². The van der Waals surface area contributed by atoms with Gasteiger partial charge in [-0.05, 0) is 31.0 Å². The Bertz CT molecular complexity index is 791. The van der Waals surface area contributed by atoms with Crippen LogP contribution in [0.4, 0.5) is 11.4 Å². The van der Waals surface area contributed by atoms with Crippen molar-refractivity contribution in [2.75, 3.05) is 43.1 Å². The minimum absolute atomic E-state index is 0.0205. The van der Waals surface area contributed by atoms with Crippen molar-refractivity contribution in [3.8, 4) is 0 Å². The van der Waals surface area contributed by atoms with E-state index in [1.54, 1.807) is 12.4 Å². The highest BCUT2D eigenvalue weighted by Crippen LogP contribution is 2.32. The van der Waals surface area contributed by atoms with Crippen LogP contribution < -0.4 is 16.0 Å². The number of pyridine rings is 1. The van der Waals surface area contributed by atoms with Crippen LogP contribution in [0.15, 0.2) is 30.6 Å². The minimum Gasteiger partial charge on any atom is -0.378 e. The van der Waals surface area contributed by atoms with Gasteiger partial charge in [0.2, 0.25) is 0 Å². The van der Waals surface area contributed by atoms with Crippen molar-refractivity contribution >= 4 is 28.1 Å². The van der Waals surface area contributed by atoms with Gasteiger partial charge >= 0.3 is 0 Å². The zero-order valence-corrected chi connectivity index (χ0v) is 14.7. The molecule has 2 atom stereocenters. The molecular weight excluding hydrogens is 332 g/mol. The summed E-state index contributed by atoms with van der Waals surface area (Å²) in [7, 11) is 0. The Morgan fingerprint density at radius 2 is 2.08 bits per heavy atom. The molecule has 26 heavy (non-hydrogen) atoms. The van der Waals surface area contributed by atoms with Crippen molar-refractivity contribution in [3.05, 3.63) is 30.6 Å². The highest BCUT2D eigenvalue weighted by Gasteiger charge is 2.30. The standard InChI is InChI=1S/C19H24N4O3/c20-11-13-1-4-18(26-13)19(24)22-16-2-3-17(23-7-9-25-10-8-23)14-5-6-21-12-15(14)16/h2-3,5-6,12-13,18H,1,4,7-11,20H2,(H,22,24)/t13-,18+/m1/s1. The maximum atomic E-state index is 12.6. The Labute approximate surface area is 152 Å². The first kappa shape index (κ1) is 17.2. The molecule has 3 heterocycles. The summed E-state index contributed by atoms with van der Waals surface area (Å²) in [5.74, 6) is -0.120. The van der Waals surface area contributed by atoms with Crippen molar-refractivity contribution in [2.45, 2.75) is 25.0 Å². The molecule has 3 N–H and O–H groups in total. The summed E-state index contributed by atoms with van der Waals surface area (Å²) in [5.41, 5.74) is 7.53. The lowest BCUT2D eigenvalue weighted by Crippen LogP contribution is -2.36. The third kappa shape index (κ3) is 3.38. The number of benzene rings is 1. The predicted octanol–water partition coefficient (Wildman–Crippen LogP) is 1.52. The van der Waals surface area contributed by atoms with Crippen LogP contribution in [0.1, 0.15) is 12.8 Å². The number of rotatable bonds is 4. The second-order valence-corrected chi connectivity index (χ2v) is 6.70. The van der Waals surface area contributed by atoms with E-state index in [-0.39, 0.29) is 12.0 Å². The van der Waals surface area contributed by atoms with Crippen LogP contribution in [0.2, 0.25) is 0 Å². The molecule has 1 aromatic carbocycles. The average molecular weight is 356 g/mol. The van der Waals surface area contributed by atoms with Crippen molar-refractivity contribution in [1.82, 2.24) is 4.98 Å². The van der Waals surface area contributed by atoms with Crippen molar-refractivity contribution in [3.63, 3.8) is 0 Å². The SMILES string of the molecule is NC[C@H]1CC[C@@H](C(=O)Nc2ccc(N3CCOCC3)c3ccncc23)O1. The fourth-order valence-corrected chi connectivity index (χ4v) is 3.65. The number of nitrogens with zero attached hydrogens (tertiary/aromatic N) is 2. The lowest BCUT2D eigenvalue weighted by Gasteiger charge is -2.30. The summed E-state index contributed by atoms with van der Waals surface area (Å²) in [6.07, 6.45) is 4.65. The molecule has 2 aromatic rings. The second-order valence-electron chi connectivity index (χ2n) is 6.70. The molecule has 0 aliphatic carbocycles. The monoisotopic (exact) mass is 356 g/mol. The fourth-order valence-electron chi connectivity index (χ4n) is 3.65. The molecule has 1 aromatic heterocycles. The Kier molecular flexibility index (Phi) is 5.01. The van der Waals surface area contributed by atoms with E-state index in [2.05, 4.69) is 21.3 Å². The van der Waals surface area contributed by atoms with Crippen LogP contribution in [-0.2, 0) is 14.3 Å². The number of ether oxygens (including phenoxy) is 2. The number of nitrogens with two attached hydrogens (primary N) is 1. The van der Waals surface area contributed by atoms with Gasteiger partial charge in [-0.2, -0.15) is 0 Å². The highest BCUT2D eigenvalue weighted by molar-refractivity contribution is 6.07. The lowest BCUT2D eigenvalue weighted by atomic mass is 10.1. The van der Waals surface area contributed by atoms with Crippen molar-refractivity contribution in [2.24, 2.45) is 5.73 Å². The van der Waals surface area contributed by atoms with Crippen LogP contribution in [0.25, 0.3) is 10.8 Å². The second kappa shape index (κ2) is 7.57.